The van der Waals surface area contributed by atoms with E-state index in [0.717, 1.165) is 5.56 Å². The van der Waals surface area contributed by atoms with Gasteiger partial charge in [0.05, 0.1) is 18.7 Å². The first-order valence-corrected chi connectivity index (χ1v) is 6.41. The highest BCUT2D eigenvalue weighted by atomic mass is 16.5. The molecule has 20 heavy (non-hydrogen) atoms. The van der Waals surface area contributed by atoms with Crippen molar-refractivity contribution in [1.82, 2.24) is 15.3 Å². The van der Waals surface area contributed by atoms with Crippen molar-refractivity contribution in [3.8, 4) is 0 Å². The molecule has 1 saturated heterocycles. The van der Waals surface area contributed by atoms with Crippen LogP contribution in [0, 0.1) is 5.92 Å². The average Bonchev–Trinajstić information content (AvgIpc) is 2.91. The Morgan fingerprint density at radius 1 is 1.30 bits per heavy atom. The van der Waals surface area contributed by atoms with Gasteiger partial charge in [0, 0.05) is 5.27 Å². The molecule has 6 heteroatoms. The Bertz CT molecular complexity index is 683. The Labute approximate surface area is 114 Å². The topological polar surface area (TPSA) is 76.3 Å². The molecular formula is C14H11N3O3. The van der Waals surface area contributed by atoms with Gasteiger partial charge >= 0.3 is 0 Å². The van der Waals surface area contributed by atoms with Crippen LogP contribution in [0.2, 0.25) is 0 Å². The summed E-state index contributed by atoms with van der Waals surface area (Å²) >= 11 is 0. The Morgan fingerprint density at radius 2 is 2.10 bits per heavy atom. The number of benzene rings is 1. The Morgan fingerprint density at radius 3 is 2.80 bits per heavy atom. The summed E-state index contributed by atoms with van der Waals surface area (Å²) in [6, 6.07) is 9.46. The molecule has 1 saturated carbocycles. The monoisotopic (exact) mass is 269 g/mol. The van der Waals surface area contributed by atoms with E-state index in [1.54, 1.807) is 0 Å². The fraction of sp³-hybridized carbons (Fsp3) is 0.286. The largest absolute Gasteiger partial charge is 0.341 e. The van der Waals surface area contributed by atoms with E-state index >= 15 is 0 Å². The van der Waals surface area contributed by atoms with Crippen molar-refractivity contribution in [3.05, 3.63) is 47.9 Å². The minimum Gasteiger partial charge on any atom is -0.341 e. The standard InChI is InChI=1S/C14H11N3O3/c18-12-10-6-14(10,11-7-15-16-20-11)13(19)17(12)8-9-4-2-1-3-5-9/h1-5,7,10H,6,8H2. The van der Waals surface area contributed by atoms with Gasteiger partial charge in [-0.2, -0.15) is 0 Å². The van der Waals surface area contributed by atoms with Crippen LogP contribution in [0.1, 0.15) is 17.7 Å². The summed E-state index contributed by atoms with van der Waals surface area (Å²) in [6.07, 6.45) is 1.93. The SMILES string of the molecule is O=C1C2CC2(c2cnno2)C(=O)N1Cc1ccccc1. The Hall–Kier alpha value is -2.50. The van der Waals surface area contributed by atoms with Crippen LogP contribution < -0.4 is 0 Å². The number of hydrogen-bond acceptors (Lipinski definition) is 5. The predicted octanol–water partition coefficient (Wildman–Crippen LogP) is 0.896. The van der Waals surface area contributed by atoms with Crippen LogP contribution in [0.15, 0.2) is 41.1 Å². The van der Waals surface area contributed by atoms with E-state index in [1.165, 1.54) is 11.1 Å². The zero-order valence-electron chi connectivity index (χ0n) is 10.5. The molecule has 2 unspecified atom stereocenters. The fourth-order valence-electron chi connectivity index (χ4n) is 2.98. The number of nitrogens with zero attached hydrogens (tertiary/aromatic N) is 3. The van der Waals surface area contributed by atoms with Crippen molar-refractivity contribution in [2.75, 3.05) is 0 Å². The highest BCUT2D eigenvalue weighted by molar-refractivity contribution is 6.14. The normalized spacial score (nSPS) is 27.8. The highest BCUT2D eigenvalue weighted by Gasteiger charge is 2.74. The van der Waals surface area contributed by atoms with Crippen LogP contribution in [0.4, 0.5) is 0 Å². The molecule has 4 rings (SSSR count). The number of hydrogen-bond donors (Lipinski definition) is 0. The molecule has 2 aliphatic rings. The Balaban J connectivity index is 1.65. The molecule has 1 aromatic carbocycles. The average molecular weight is 269 g/mol. The van der Waals surface area contributed by atoms with Gasteiger partial charge in [-0.15, -0.1) is 5.10 Å². The molecule has 2 heterocycles. The first-order chi connectivity index (χ1) is 9.73. The van der Waals surface area contributed by atoms with Gasteiger partial charge in [0.15, 0.2) is 5.76 Å². The molecule has 2 aromatic rings. The Kier molecular flexibility index (Phi) is 2.13. The molecule has 2 fully saturated rings. The number of carbonyl (C=O) groups excluding carboxylic acids is 2. The van der Waals surface area contributed by atoms with Gasteiger partial charge in [-0.05, 0) is 12.0 Å². The maximum absolute atomic E-state index is 12.6. The summed E-state index contributed by atoms with van der Waals surface area (Å²) in [6.45, 7) is 0.304. The number of fused-ring (bicyclic) bond motifs is 1. The molecule has 6 nitrogen and oxygen atoms in total. The zero-order valence-corrected chi connectivity index (χ0v) is 10.5. The highest BCUT2D eigenvalue weighted by Crippen LogP contribution is 2.60. The van der Waals surface area contributed by atoms with E-state index in [4.69, 9.17) is 4.52 Å². The molecular weight excluding hydrogens is 258 g/mol. The fourth-order valence-corrected chi connectivity index (χ4v) is 2.98. The van der Waals surface area contributed by atoms with Crippen LogP contribution in [0.5, 0.6) is 0 Å². The zero-order chi connectivity index (χ0) is 13.7. The summed E-state index contributed by atoms with van der Waals surface area (Å²) in [5, 5.41) is 7.01. The molecule has 0 radical (unpaired) electrons. The first-order valence-electron chi connectivity index (χ1n) is 6.41. The van der Waals surface area contributed by atoms with Crippen molar-refractivity contribution < 1.29 is 14.1 Å². The van der Waals surface area contributed by atoms with Crippen molar-refractivity contribution in [1.29, 1.82) is 0 Å². The van der Waals surface area contributed by atoms with Gasteiger partial charge in [0.2, 0.25) is 11.8 Å². The second-order valence-corrected chi connectivity index (χ2v) is 5.22. The number of amides is 2. The third-order valence-corrected chi connectivity index (χ3v) is 4.14. The smallest absolute Gasteiger partial charge is 0.244 e. The van der Waals surface area contributed by atoms with Crippen molar-refractivity contribution in [2.45, 2.75) is 18.4 Å². The number of piperidine rings is 1. The lowest BCUT2D eigenvalue weighted by atomic mass is 10.0. The number of imide groups is 1. The van der Waals surface area contributed by atoms with E-state index in [-0.39, 0.29) is 17.7 Å². The minimum atomic E-state index is -0.838. The first kappa shape index (κ1) is 11.3. The second kappa shape index (κ2) is 3.75. The molecule has 1 aliphatic heterocycles. The number of likely N-dealkylation sites (tertiary alicyclic amines) is 1. The van der Waals surface area contributed by atoms with Crippen LogP contribution in [0.25, 0.3) is 0 Å². The third-order valence-electron chi connectivity index (χ3n) is 4.14. The molecule has 100 valence electrons. The van der Waals surface area contributed by atoms with E-state index < -0.39 is 5.41 Å². The lowest BCUT2D eigenvalue weighted by molar-refractivity contribution is -0.142. The van der Waals surface area contributed by atoms with E-state index in [9.17, 15) is 9.59 Å². The molecule has 1 aliphatic carbocycles. The number of aromatic nitrogens is 2. The lowest BCUT2D eigenvalue weighted by Crippen LogP contribution is -2.35. The van der Waals surface area contributed by atoms with Crippen LogP contribution in [-0.2, 0) is 21.5 Å². The minimum absolute atomic E-state index is 0.129. The molecule has 0 spiro atoms. The summed E-state index contributed by atoms with van der Waals surface area (Å²) < 4.78 is 5.02. The molecule has 0 N–H and O–H groups in total. The summed E-state index contributed by atoms with van der Waals surface area (Å²) in [5.74, 6) is -0.241. The van der Waals surface area contributed by atoms with Crippen molar-refractivity contribution in [3.63, 3.8) is 0 Å². The quantitative estimate of drug-likeness (QED) is 0.774. The van der Waals surface area contributed by atoms with E-state index in [0.29, 0.717) is 18.7 Å². The van der Waals surface area contributed by atoms with Crippen LogP contribution in [-0.4, -0.2) is 27.1 Å². The van der Waals surface area contributed by atoms with E-state index in [1.807, 2.05) is 30.3 Å². The summed E-state index contributed by atoms with van der Waals surface area (Å²) in [7, 11) is 0. The lowest BCUT2D eigenvalue weighted by Gasteiger charge is -2.18. The predicted molar refractivity (Wildman–Crippen MR) is 66.1 cm³/mol. The maximum Gasteiger partial charge on any atom is 0.244 e. The molecule has 2 amide bonds. The maximum atomic E-state index is 12.6. The van der Waals surface area contributed by atoms with Crippen LogP contribution in [0.3, 0.4) is 0 Å². The second-order valence-electron chi connectivity index (χ2n) is 5.22. The van der Waals surface area contributed by atoms with Gasteiger partial charge < -0.3 is 4.52 Å². The molecule has 0 bridgehead atoms. The van der Waals surface area contributed by atoms with Gasteiger partial charge in [0.25, 0.3) is 0 Å². The van der Waals surface area contributed by atoms with Gasteiger partial charge in [-0.1, -0.05) is 30.3 Å². The van der Waals surface area contributed by atoms with Gasteiger partial charge in [-0.3, -0.25) is 14.5 Å². The van der Waals surface area contributed by atoms with Gasteiger partial charge in [-0.25, -0.2) is 0 Å². The third kappa shape index (κ3) is 1.33. The molecule has 1 aromatic heterocycles. The van der Waals surface area contributed by atoms with Crippen LogP contribution >= 0.6 is 0 Å². The van der Waals surface area contributed by atoms with E-state index in [2.05, 4.69) is 10.4 Å². The summed E-state index contributed by atoms with van der Waals surface area (Å²) in [5.41, 5.74) is 0.0939. The number of rotatable bonds is 3. The van der Waals surface area contributed by atoms with Gasteiger partial charge in [0.1, 0.15) is 5.41 Å². The van der Waals surface area contributed by atoms with Crippen molar-refractivity contribution in [2.24, 2.45) is 5.92 Å². The summed E-state index contributed by atoms with van der Waals surface area (Å²) in [4.78, 5) is 26.2. The molecule has 2 atom stereocenters. The number of carbonyl (C=O) groups is 2. The van der Waals surface area contributed by atoms with Crippen molar-refractivity contribution >= 4 is 11.8 Å².